The molecular weight excluding hydrogens is 484 g/mol. The van der Waals surface area contributed by atoms with Crippen molar-refractivity contribution in [2.24, 2.45) is 5.41 Å². The lowest BCUT2D eigenvalue weighted by Crippen LogP contribution is -2.70. The minimum atomic E-state index is -2.72. The van der Waals surface area contributed by atoms with E-state index in [0.717, 1.165) is 5.69 Å². The van der Waals surface area contributed by atoms with Crippen LogP contribution in [-0.2, 0) is 6.54 Å². The van der Waals surface area contributed by atoms with Crippen LogP contribution in [0.4, 0.5) is 20.2 Å². The lowest BCUT2D eigenvalue weighted by molar-refractivity contribution is -0.209. The molecule has 0 bridgehead atoms. The van der Waals surface area contributed by atoms with Crippen LogP contribution in [0.25, 0.3) is 16.9 Å². The highest BCUT2D eigenvalue weighted by Gasteiger charge is 2.63. The first kappa shape index (κ1) is 23.4. The second-order valence-electron chi connectivity index (χ2n) is 10.00. The van der Waals surface area contributed by atoms with Crippen molar-refractivity contribution in [1.82, 2.24) is 34.8 Å². The minimum Gasteiger partial charge on any atom is -0.384 e. The van der Waals surface area contributed by atoms with Crippen molar-refractivity contribution < 1.29 is 18.7 Å². The number of anilines is 2. The summed E-state index contributed by atoms with van der Waals surface area (Å²) in [5, 5.41) is 29.4. The molecule has 4 aromatic heterocycles. The van der Waals surface area contributed by atoms with Gasteiger partial charge in [-0.15, -0.1) is 10.2 Å². The number of nitrogens with zero attached hydrogens (tertiary/aromatic N) is 8. The van der Waals surface area contributed by atoms with Crippen LogP contribution in [0.3, 0.4) is 0 Å². The van der Waals surface area contributed by atoms with Gasteiger partial charge >= 0.3 is 0 Å². The molecule has 0 unspecified atom stereocenters. The van der Waals surface area contributed by atoms with Gasteiger partial charge in [-0.05, 0) is 50.1 Å². The number of aryl methyl sites for hydroxylation is 2. The number of hydrogen-bond donors (Lipinski definition) is 2. The Bertz CT molecular complexity index is 1500. The van der Waals surface area contributed by atoms with Crippen molar-refractivity contribution in [3.05, 3.63) is 48.0 Å². The van der Waals surface area contributed by atoms with Crippen molar-refractivity contribution in [1.29, 1.82) is 0 Å². The molecule has 192 valence electrons. The zero-order valence-electron chi connectivity index (χ0n) is 20.3. The summed E-state index contributed by atoms with van der Waals surface area (Å²) in [7, 11) is 0. The molecule has 1 aliphatic heterocycles. The monoisotopic (exact) mass is 509 g/mol. The van der Waals surface area contributed by atoms with Gasteiger partial charge in [0.25, 0.3) is 12.3 Å². The Morgan fingerprint density at radius 3 is 2.73 bits per heavy atom. The van der Waals surface area contributed by atoms with Crippen molar-refractivity contribution in [2.75, 3.05) is 23.3 Å². The average Bonchev–Trinajstić information content (AvgIpc) is 3.48. The lowest BCUT2D eigenvalue weighted by atomic mass is 9.55. The van der Waals surface area contributed by atoms with Crippen molar-refractivity contribution in [3.8, 4) is 11.4 Å². The Labute approximate surface area is 210 Å². The summed E-state index contributed by atoms with van der Waals surface area (Å²) in [4.78, 5) is 21.1. The lowest BCUT2D eigenvalue weighted by Gasteiger charge is -2.62. The third-order valence-electron chi connectivity index (χ3n) is 7.26. The third kappa shape index (κ3) is 3.89. The fraction of sp³-hybridized carbons (Fsp3) is 0.417. The molecular formula is C24H25F2N9O2. The number of halogens is 2. The fourth-order valence-electron chi connectivity index (χ4n) is 5.38. The number of amides is 1. The molecule has 1 saturated heterocycles. The molecule has 0 atom stereocenters. The molecule has 2 fully saturated rings. The quantitative estimate of drug-likeness (QED) is 0.406. The number of carbonyl (C=O) groups is 1. The Hall–Kier alpha value is -4.00. The zero-order chi connectivity index (χ0) is 25.9. The maximum absolute atomic E-state index is 13.2. The summed E-state index contributed by atoms with van der Waals surface area (Å²) in [6.45, 7) is 5.46. The van der Waals surface area contributed by atoms with Crippen LogP contribution >= 0.6 is 0 Å². The molecule has 1 aliphatic carbocycles. The van der Waals surface area contributed by atoms with E-state index in [1.807, 2.05) is 19.1 Å². The van der Waals surface area contributed by atoms with E-state index < -0.39 is 12.0 Å². The molecule has 13 heteroatoms. The van der Waals surface area contributed by atoms with Gasteiger partial charge < -0.3 is 15.3 Å². The molecule has 4 aromatic rings. The van der Waals surface area contributed by atoms with Crippen LogP contribution in [0, 0.1) is 12.3 Å². The standard InChI is InChI=1S/C24H25F2N9O2/c1-3-35-31-20(30-32-35)15-6-18(14(2)27-8-15)29-21(36)17-9-28-34-5-4-16(7-19(17)34)33-12-23(13-33)10-24(37,11-23)22(25)26/h4-9,22,37H,3,10-13H2,1-2H3,(H,29,36). The molecule has 0 radical (unpaired) electrons. The molecule has 37 heavy (non-hydrogen) atoms. The number of aliphatic hydroxyl groups is 1. The second-order valence-corrected chi connectivity index (χ2v) is 10.00. The van der Waals surface area contributed by atoms with Gasteiger partial charge in [0.15, 0.2) is 0 Å². The number of nitrogens with one attached hydrogen (secondary N) is 1. The summed E-state index contributed by atoms with van der Waals surface area (Å²) < 4.78 is 27.7. The summed E-state index contributed by atoms with van der Waals surface area (Å²) >= 11 is 0. The number of fused-ring (bicyclic) bond motifs is 1. The van der Waals surface area contributed by atoms with E-state index in [-0.39, 0.29) is 24.2 Å². The van der Waals surface area contributed by atoms with Crippen LogP contribution in [0.5, 0.6) is 0 Å². The number of pyridine rings is 2. The largest absolute Gasteiger partial charge is 0.384 e. The summed E-state index contributed by atoms with van der Waals surface area (Å²) in [6.07, 6.45) is 2.38. The van der Waals surface area contributed by atoms with E-state index in [0.29, 0.717) is 53.5 Å². The van der Waals surface area contributed by atoms with Gasteiger partial charge in [-0.2, -0.15) is 9.90 Å². The van der Waals surface area contributed by atoms with Gasteiger partial charge in [0.1, 0.15) is 5.60 Å². The predicted molar refractivity (Wildman–Crippen MR) is 129 cm³/mol. The van der Waals surface area contributed by atoms with Crippen LogP contribution in [0.15, 0.2) is 36.8 Å². The van der Waals surface area contributed by atoms with Gasteiger partial charge in [0, 0.05) is 42.1 Å². The Morgan fingerprint density at radius 2 is 2.03 bits per heavy atom. The molecule has 1 saturated carbocycles. The normalized spacial score (nSPS) is 17.7. The first-order chi connectivity index (χ1) is 17.7. The summed E-state index contributed by atoms with van der Waals surface area (Å²) in [6, 6.07) is 5.49. The maximum Gasteiger partial charge on any atom is 0.266 e. The molecule has 5 heterocycles. The Kier molecular flexibility index (Phi) is 5.23. The Morgan fingerprint density at radius 1 is 1.24 bits per heavy atom. The number of carbonyl (C=O) groups excluding carboxylic acids is 1. The highest BCUT2D eigenvalue weighted by molar-refractivity contribution is 6.09. The van der Waals surface area contributed by atoms with Crippen molar-refractivity contribution in [2.45, 2.75) is 45.3 Å². The number of alkyl halides is 2. The van der Waals surface area contributed by atoms with Crippen LogP contribution in [0.1, 0.15) is 35.8 Å². The van der Waals surface area contributed by atoms with Gasteiger partial charge in [0.2, 0.25) is 5.82 Å². The zero-order valence-corrected chi connectivity index (χ0v) is 20.3. The van der Waals surface area contributed by atoms with Crippen LogP contribution in [0.2, 0.25) is 0 Å². The number of rotatable bonds is 6. The first-order valence-electron chi connectivity index (χ1n) is 12.0. The van der Waals surface area contributed by atoms with E-state index in [1.54, 1.807) is 29.9 Å². The summed E-state index contributed by atoms with van der Waals surface area (Å²) in [5.74, 6) is 0.0664. The van der Waals surface area contributed by atoms with E-state index in [4.69, 9.17) is 0 Å². The molecule has 0 aromatic carbocycles. The van der Waals surface area contributed by atoms with Crippen molar-refractivity contribution in [3.63, 3.8) is 0 Å². The Balaban J connectivity index is 1.20. The highest BCUT2D eigenvalue weighted by atomic mass is 19.3. The number of hydrogen-bond acceptors (Lipinski definition) is 8. The molecule has 1 spiro atoms. The smallest absolute Gasteiger partial charge is 0.266 e. The third-order valence-corrected chi connectivity index (χ3v) is 7.26. The maximum atomic E-state index is 13.2. The van der Waals surface area contributed by atoms with E-state index in [2.05, 4.69) is 35.7 Å². The van der Waals surface area contributed by atoms with Crippen LogP contribution in [-0.4, -0.2) is 70.9 Å². The molecule has 11 nitrogen and oxygen atoms in total. The van der Waals surface area contributed by atoms with Gasteiger partial charge in [-0.3, -0.25) is 9.78 Å². The van der Waals surface area contributed by atoms with Gasteiger partial charge in [0.05, 0.1) is 35.2 Å². The van der Waals surface area contributed by atoms with E-state index in [9.17, 15) is 18.7 Å². The number of aromatic nitrogens is 7. The predicted octanol–water partition coefficient (Wildman–Crippen LogP) is 2.56. The fourth-order valence-corrected chi connectivity index (χ4v) is 5.38. The molecule has 1 amide bonds. The highest BCUT2D eigenvalue weighted by Crippen LogP contribution is 2.56. The number of tetrazole rings is 1. The molecule has 2 aliphatic rings. The topological polar surface area (TPSA) is 126 Å². The van der Waals surface area contributed by atoms with Crippen molar-refractivity contribution >= 4 is 22.8 Å². The average molecular weight is 510 g/mol. The minimum absolute atomic E-state index is 0.105. The van der Waals surface area contributed by atoms with Gasteiger partial charge in [-0.25, -0.2) is 13.3 Å². The van der Waals surface area contributed by atoms with Crippen LogP contribution < -0.4 is 10.2 Å². The molecule has 2 N–H and O–H groups in total. The molecule has 6 rings (SSSR count). The van der Waals surface area contributed by atoms with E-state index >= 15 is 0 Å². The summed E-state index contributed by atoms with van der Waals surface area (Å²) in [5.41, 5.74) is 1.51. The van der Waals surface area contributed by atoms with Gasteiger partial charge in [-0.1, -0.05) is 0 Å². The first-order valence-corrected chi connectivity index (χ1v) is 12.0. The second kappa shape index (κ2) is 8.26. The van der Waals surface area contributed by atoms with E-state index in [1.165, 1.54) is 11.0 Å². The SMILES string of the molecule is CCn1nnc(-c2cnc(C)c(NC(=O)c3cnn4ccc(N5CC6(C5)CC(O)(C(F)F)C6)cc34)c2)n1.